The van der Waals surface area contributed by atoms with Crippen LogP contribution in [0, 0.1) is 20.8 Å². The molecule has 6 heteroatoms. The third-order valence-electron chi connectivity index (χ3n) is 6.39. The Morgan fingerprint density at radius 2 is 1.78 bits per heavy atom. The van der Waals surface area contributed by atoms with Crippen molar-refractivity contribution in [1.82, 2.24) is 20.2 Å². The van der Waals surface area contributed by atoms with Crippen LogP contribution < -0.4 is 5.32 Å². The number of nitrogens with zero attached hydrogens (tertiary/aromatic N) is 3. The molecule has 172 valence electrons. The van der Waals surface area contributed by atoms with Crippen molar-refractivity contribution < 1.29 is 9.59 Å². The summed E-state index contributed by atoms with van der Waals surface area (Å²) in [7, 11) is 0. The van der Waals surface area contributed by atoms with Crippen molar-refractivity contribution in [3.63, 3.8) is 0 Å². The molecule has 32 heavy (non-hydrogen) atoms. The molecule has 0 aliphatic carbocycles. The highest BCUT2D eigenvalue weighted by molar-refractivity contribution is 5.83. The third-order valence-corrected chi connectivity index (χ3v) is 6.39. The van der Waals surface area contributed by atoms with Gasteiger partial charge in [0.2, 0.25) is 11.8 Å². The van der Waals surface area contributed by atoms with Crippen LogP contribution in [0.1, 0.15) is 78.8 Å². The number of benzene rings is 1. The van der Waals surface area contributed by atoms with Gasteiger partial charge >= 0.3 is 0 Å². The van der Waals surface area contributed by atoms with Crippen LogP contribution in [-0.2, 0) is 16.0 Å². The van der Waals surface area contributed by atoms with Crippen LogP contribution in [0.3, 0.4) is 0 Å². The van der Waals surface area contributed by atoms with Crippen LogP contribution in [-0.4, -0.2) is 46.3 Å². The molecule has 1 fully saturated rings. The first-order valence-corrected chi connectivity index (χ1v) is 11.8. The van der Waals surface area contributed by atoms with Gasteiger partial charge < -0.3 is 10.2 Å². The van der Waals surface area contributed by atoms with Gasteiger partial charge in [0.25, 0.3) is 0 Å². The predicted molar refractivity (Wildman–Crippen MR) is 127 cm³/mol. The summed E-state index contributed by atoms with van der Waals surface area (Å²) in [5.74, 6) is 0.921. The molecule has 1 N–H and O–H groups in total. The summed E-state index contributed by atoms with van der Waals surface area (Å²) in [5, 5.41) is 2.92. The van der Waals surface area contributed by atoms with Crippen LogP contribution in [0.15, 0.2) is 24.3 Å². The van der Waals surface area contributed by atoms with Crippen molar-refractivity contribution in [2.45, 2.75) is 72.1 Å². The van der Waals surface area contributed by atoms with Gasteiger partial charge in [-0.25, -0.2) is 9.97 Å². The van der Waals surface area contributed by atoms with E-state index in [0.29, 0.717) is 19.5 Å². The smallest absolute Gasteiger partial charge is 0.229 e. The first-order chi connectivity index (χ1) is 15.3. The molecule has 6 nitrogen and oxygen atoms in total. The fourth-order valence-corrected chi connectivity index (χ4v) is 4.35. The zero-order valence-electron chi connectivity index (χ0n) is 20.1. The molecule has 2 heterocycles. The molecule has 0 bridgehead atoms. The van der Waals surface area contributed by atoms with Gasteiger partial charge in [0.1, 0.15) is 5.82 Å². The van der Waals surface area contributed by atoms with Gasteiger partial charge in [0.05, 0.1) is 12.3 Å². The molecule has 1 saturated heterocycles. The summed E-state index contributed by atoms with van der Waals surface area (Å²) in [6, 6.07) is 8.21. The Morgan fingerprint density at radius 1 is 1.12 bits per heavy atom. The second-order valence-corrected chi connectivity index (χ2v) is 9.01. The Bertz CT molecular complexity index is 932. The minimum absolute atomic E-state index is 0.00827. The van der Waals surface area contributed by atoms with Gasteiger partial charge in [-0.15, -0.1) is 0 Å². The average Bonchev–Trinajstić information content (AvgIpc) is 2.79. The van der Waals surface area contributed by atoms with Gasteiger partial charge in [0.15, 0.2) is 0 Å². The SMILES string of the molecule is CCCNC(=O)Cc1c(C)nc([C@H]2CCCN(C(=O)[C@H](C)c3ccc(C)cc3)C2)nc1C. The molecule has 0 spiro atoms. The van der Waals surface area contributed by atoms with Crippen molar-refractivity contribution in [2.24, 2.45) is 0 Å². The number of piperidine rings is 1. The Morgan fingerprint density at radius 3 is 2.41 bits per heavy atom. The highest BCUT2D eigenvalue weighted by Crippen LogP contribution is 2.28. The maximum absolute atomic E-state index is 13.2. The molecule has 0 saturated carbocycles. The summed E-state index contributed by atoms with van der Waals surface area (Å²) < 4.78 is 0. The number of aryl methyl sites for hydroxylation is 3. The van der Waals surface area contributed by atoms with E-state index in [1.165, 1.54) is 5.56 Å². The summed E-state index contributed by atoms with van der Waals surface area (Å²) in [6.45, 7) is 12.1. The lowest BCUT2D eigenvalue weighted by Gasteiger charge is -2.34. The molecule has 1 aliphatic heterocycles. The Kier molecular flexibility index (Phi) is 7.99. The number of hydrogen-bond donors (Lipinski definition) is 1. The molecular formula is C26H36N4O2. The van der Waals surface area contributed by atoms with Crippen molar-refractivity contribution >= 4 is 11.8 Å². The maximum Gasteiger partial charge on any atom is 0.229 e. The number of nitrogens with one attached hydrogen (secondary N) is 1. The van der Waals surface area contributed by atoms with Gasteiger partial charge in [-0.2, -0.15) is 0 Å². The normalized spacial score (nSPS) is 17.2. The number of hydrogen-bond acceptors (Lipinski definition) is 4. The van der Waals surface area contributed by atoms with E-state index < -0.39 is 0 Å². The molecule has 2 atom stereocenters. The Hall–Kier alpha value is -2.76. The van der Waals surface area contributed by atoms with Crippen molar-refractivity contribution in [1.29, 1.82) is 0 Å². The van der Waals surface area contributed by atoms with Gasteiger partial charge in [0, 0.05) is 42.5 Å². The summed E-state index contributed by atoms with van der Waals surface area (Å²) in [6.07, 6.45) is 3.14. The zero-order valence-corrected chi connectivity index (χ0v) is 20.1. The van der Waals surface area contributed by atoms with E-state index in [2.05, 4.69) is 24.4 Å². The largest absolute Gasteiger partial charge is 0.356 e. The molecule has 2 amide bonds. The number of carbonyl (C=O) groups is 2. The van der Waals surface area contributed by atoms with Gasteiger partial charge in [-0.1, -0.05) is 36.8 Å². The molecule has 0 unspecified atom stereocenters. The molecule has 1 aliphatic rings. The van der Waals surface area contributed by atoms with Crippen LogP contribution in [0.25, 0.3) is 0 Å². The molecule has 0 radical (unpaired) electrons. The first-order valence-electron chi connectivity index (χ1n) is 11.8. The minimum atomic E-state index is -0.164. The van der Waals surface area contributed by atoms with Crippen LogP contribution in [0.4, 0.5) is 0 Å². The number of amides is 2. The second-order valence-electron chi connectivity index (χ2n) is 9.01. The molecule has 1 aromatic heterocycles. The van der Waals surface area contributed by atoms with E-state index in [4.69, 9.17) is 9.97 Å². The lowest BCUT2D eigenvalue weighted by molar-refractivity contribution is -0.133. The number of rotatable bonds is 7. The van der Waals surface area contributed by atoms with E-state index in [0.717, 1.165) is 54.1 Å². The van der Waals surface area contributed by atoms with Crippen molar-refractivity contribution in [2.75, 3.05) is 19.6 Å². The fraction of sp³-hybridized carbons (Fsp3) is 0.538. The average molecular weight is 437 g/mol. The lowest BCUT2D eigenvalue weighted by Crippen LogP contribution is -2.41. The zero-order chi connectivity index (χ0) is 23.3. The quantitative estimate of drug-likeness (QED) is 0.712. The lowest BCUT2D eigenvalue weighted by atomic mass is 9.93. The number of likely N-dealkylation sites (tertiary alicyclic amines) is 1. The number of carbonyl (C=O) groups excluding carboxylic acids is 2. The van der Waals surface area contributed by atoms with Crippen LogP contribution in [0.2, 0.25) is 0 Å². The molecule has 3 rings (SSSR count). The van der Waals surface area contributed by atoms with E-state index in [9.17, 15) is 9.59 Å². The summed E-state index contributed by atoms with van der Waals surface area (Å²) in [4.78, 5) is 36.9. The van der Waals surface area contributed by atoms with Crippen LogP contribution in [0.5, 0.6) is 0 Å². The van der Waals surface area contributed by atoms with E-state index in [1.807, 2.05) is 44.7 Å². The van der Waals surface area contributed by atoms with Gasteiger partial charge in [-0.3, -0.25) is 9.59 Å². The highest BCUT2D eigenvalue weighted by Gasteiger charge is 2.30. The highest BCUT2D eigenvalue weighted by atomic mass is 16.2. The standard InChI is InChI=1S/C26H36N4O2/c1-6-13-27-24(31)15-23-19(4)28-25(29-20(23)5)22-8-7-14-30(16-22)26(32)18(3)21-11-9-17(2)10-12-21/h9-12,18,22H,6-8,13-16H2,1-5H3,(H,27,31)/t18-,22+/m1/s1. The molecular weight excluding hydrogens is 400 g/mol. The monoisotopic (exact) mass is 436 g/mol. The summed E-state index contributed by atoms with van der Waals surface area (Å²) in [5.41, 5.74) is 4.86. The van der Waals surface area contributed by atoms with Crippen molar-refractivity contribution in [3.8, 4) is 0 Å². The van der Waals surface area contributed by atoms with Crippen molar-refractivity contribution in [3.05, 3.63) is 58.2 Å². The van der Waals surface area contributed by atoms with E-state index in [-0.39, 0.29) is 23.7 Å². The van der Waals surface area contributed by atoms with Crippen LogP contribution >= 0.6 is 0 Å². The summed E-state index contributed by atoms with van der Waals surface area (Å²) >= 11 is 0. The topological polar surface area (TPSA) is 75.2 Å². The minimum Gasteiger partial charge on any atom is -0.356 e. The van der Waals surface area contributed by atoms with E-state index in [1.54, 1.807) is 0 Å². The Balaban J connectivity index is 1.71. The van der Waals surface area contributed by atoms with E-state index >= 15 is 0 Å². The predicted octanol–water partition coefficient (Wildman–Crippen LogP) is 3.98. The molecule has 1 aromatic carbocycles. The number of aromatic nitrogens is 2. The first kappa shape index (κ1) is 23.9. The fourth-order valence-electron chi connectivity index (χ4n) is 4.35. The Labute approximate surface area is 191 Å². The maximum atomic E-state index is 13.2. The van der Waals surface area contributed by atoms with Gasteiger partial charge in [-0.05, 0) is 52.5 Å². The third kappa shape index (κ3) is 5.72. The second kappa shape index (κ2) is 10.7. The molecule has 2 aromatic rings.